The number of para-hydroxylation sites is 1. The third-order valence-corrected chi connectivity index (χ3v) is 5.44. The van der Waals surface area contributed by atoms with Crippen molar-refractivity contribution in [1.82, 2.24) is 4.98 Å². The summed E-state index contributed by atoms with van der Waals surface area (Å²) in [5.41, 5.74) is 9.44. The molecule has 0 bridgehead atoms. The van der Waals surface area contributed by atoms with Gasteiger partial charge in [0.15, 0.2) is 11.5 Å². The molecule has 1 aliphatic carbocycles. The van der Waals surface area contributed by atoms with E-state index in [9.17, 15) is 0 Å². The van der Waals surface area contributed by atoms with Gasteiger partial charge in [0.2, 0.25) is 0 Å². The predicted octanol–water partition coefficient (Wildman–Crippen LogP) is 4.00. The third kappa shape index (κ3) is 1.96. The molecule has 2 aromatic rings. The van der Waals surface area contributed by atoms with Crippen LogP contribution in [0.3, 0.4) is 0 Å². The maximum atomic E-state index is 6.24. The first-order valence-electron chi connectivity index (χ1n) is 7.53. The minimum atomic E-state index is 0.118. The second-order valence-electron chi connectivity index (χ2n) is 6.88. The van der Waals surface area contributed by atoms with Crippen molar-refractivity contribution in [2.45, 2.75) is 52.5 Å². The summed E-state index contributed by atoms with van der Waals surface area (Å²) in [5, 5.41) is 0. The van der Waals surface area contributed by atoms with Gasteiger partial charge in [-0.3, -0.25) is 0 Å². The lowest BCUT2D eigenvalue weighted by Gasteiger charge is -2.45. The Morgan fingerprint density at radius 1 is 1.30 bits per heavy atom. The Labute approximate surface area is 120 Å². The average Bonchev–Trinajstić information content (AvgIpc) is 2.81. The lowest BCUT2D eigenvalue weighted by atomic mass is 9.61. The number of benzene rings is 1. The van der Waals surface area contributed by atoms with Crippen molar-refractivity contribution in [2.75, 3.05) is 0 Å². The number of oxazole rings is 1. The van der Waals surface area contributed by atoms with Crippen molar-refractivity contribution in [3.05, 3.63) is 29.7 Å². The van der Waals surface area contributed by atoms with E-state index in [4.69, 9.17) is 15.1 Å². The van der Waals surface area contributed by atoms with Gasteiger partial charge in [-0.25, -0.2) is 4.98 Å². The second kappa shape index (κ2) is 4.59. The molecule has 0 amide bonds. The Morgan fingerprint density at radius 2 is 2.05 bits per heavy atom. The molecular formula is C17H24N2O. The Kier molecular flexibility index (Phi) is 3.13. The Balaban J connectivity index is 2.04. The highest BCUT2D eigenvalue weighted by molar-refractivity contribution is 5.76. The summed E-state index contributed by atoms with van der Waals surface area (Å²) in [6.07, 6.45) is 2.11. The fourth-order valence-corrected chi connectivity index (χ4v) is 3.54. The third-order valence-electron chi connectivity index (χ3n) is 5.44. The molecule has 0 saturated heterocycles. The zero-order chi connectivity index (χ0) is 14.5. The molecule has 1 saturated carbocycles. The minimum absolute atomic E-state index is 0.118. The summed E-state index contributed by atoms with van der Waals surface area (Å²) < 4.78 is 6.06. The first-order valence-corrected chi connectivity index (χ1v) is 7.53. The van der Waals surface area contributed by atoms with E-state index in [1.807, 2.05) is 12.1 Å². The van der Waals surface area contributed by atoms with E-state index < -0.39 is 0 Å². The Bertz CT molecular complexity index is 629. The standard InChI is InChI=1S/C17H24N2O/c1-10-6-5-7-14-15(10)19-16(20-14)12-8-9-13(18)11(2)17(12,3)4/h5-7,11-13H,8-9,18H2,1-4H3. The molecule has 3 nitrogen and oxygen atoms in total. The Hall–Kier alpha value is -1.35. The van der Waals surface area contributed by atoms with Gasteiger partial charge in [-0.2, -0.15) is 0 Å². The quantitative estimate of drug-likeness (QED) is 0.853. The van der Waals surface area contributed by atoms with E-state index >= 15 is 0 Å². The highest BCUT2D eigenvalue weighted by Crippen LogP contribution is 2.49. The monoisotopic (exact) mass is 272 g/mol. The molecule has 108 valence electrons. The van der Waals surface area contributed by atoms with Gasteiger partial charge < -0.3 is 10.2 Å². The van der Waals surface area contributed by atoms with Crippen molar-refractivity contribution in [1.29, 1.82) is 0 Å². The fraction of sp³-hybridized carbons (Fsp3) is 0.588. The van der Waals surface area contributed by atoms with Gasteiger partial charge in [-0.05, 0) is 42.7 Å². The molecule has 3 heteroatoms. The van der Waals surface area contributed by atoms with Crippen LogP contribution in [0.4, 0.5) is 0 Å². The number of hydrogen-bond acceptors (Lipinski definition) is 3. The number of fused-ring (bicyclic) bond motifs is 1. The minimum Gasteiger partial charge on any atom is -0.440 e. The zero-order valence-electron chi connectivity index (χ0n) is 12.8. The topological polar surface area (TPSA) is 52.0 Å². The molecule has 0 radical (unpaired) electrons. The molecule has 20 heavy (non-hydrogen) atoms. The van der Waals surface area contributed by atoms with Crippen LogP contribution in [-0.2, 0) is 0 Å². The molecule has 1 aromatic carbocycles. The van der Waals surface area contributed by atoms with Crippen LogP contribution < -0.4 is 5.73 Å². The molecule has 0 aliphatic heterocycles. The van der Waals surface area contributed by atoms with Crippen LogP contribution in [0.15, 0.2) is 22.6 Å². The van der Waals surface area contributed by atoms with Gasteiger partial charge in [-0.1, -0.05) is 32.9 Å². The number of aryl methyl sites for hydroxylation is 1. The zero-order valence-corrected chi connectivity index (χ0v) is 12.8. The smallest absolute Gasteiger partial charge is 0.199 e. The summed E-state index contributed by atoms with van der Waals surface area (Å²) in [5.74, 6) is 1.71. The normalized spacial score (nSPS) is 29.8. The number of rotatable bonds is 1. The van der Waals surface area contributed by atoms with Crippen molar-refractivity contribution in [2.24, 2.45) is 17.1 Å². The van der Waals surface area contributed by atoms with Gasteiger partial charge in [0.1, 0.15) is 5.52 Å². The van der Waals surface area contributed by atoms with Crippen LogP contribution >= 0.6 is 0 Å². The number of aromatic nitrogens is 1. The molecule has 3 rings (SSSR count). The second-order valence-corrected chi connectivity index (χ2v) is 6.88. The molecular weight excluding hydrogens is 248 g/mol. The molecule has 0 spiro atoms. The predicted molar refractivity (Wildman–Crippen MR) is 81.6 cm³/mol. The van der Waals surface area contributed by atoms with Crippen LogP contribution in [0.5, 0.6) is 0 Å². The highest BCUT2D eigenvalue weighted by atomic mass is 16.3. The Morgan fingerprint density at radius 3 is 2.75 bits per heavy atom. The maximum Gasteiger partial charge on any atom is 0.199 e. The molecule has 1 fully saturated rings. The maximum absolute atomic E-state index is 6.24. The molecule has 3 atom stereocenters. The van der Waals surface area contributed by atoms with E-state index in [2.05, 4.69) is 33.8 Å². The van der Waals surface area contributed by atoms with Crippen LogP contribution in [-0.4, -0.2) is 11.0 Å². The van der Waals surface area contributed by atoms with Gasteiger partial charge in [-0.15, -0.1) is 0 Å². The molecule has 3 unspecified atom stereocenters. The van der Waals surface area contributed by atoms with Crippen molar-refractivity contribution in [3.8, 4) is 0 Å². The van der Waals surface area contributed by atoms with Gasteiger partial charge >= 0.3 is 0 Å². The first-order chi connectivity index (χ1) is 9.41. The van der Waals surface area contributed by atoms with Crippen LogP contribution in [0.25, 0.3) is 11.1 Å². The van der Waals surface area contributed by atoms with Gasteiger partial charge in [0.05, 0.1) is 0 Å². The van der Waals surface area contributed by atoms with Crippen LogP contribution in [0.1, 0.15) is 51.0 Å². The summed E-state index contributed by atoms with van der Waals surface area (Å²) in [6, 6.07) is 6.40. The van der Waals surface area contributed by atoms with E-state index in [1.54, 1.807) is 0 Å². The van der Waals surface area contributed by atoms with E-state index in [0.717, 1.165) is 29.8 Å². The van der Waals surface area contributed by atoms with E-state index in [0.29, 0.717) is 11.8 Å². The van der Waals surface area contributed by atoms with Gasteiger partial charge in [0.25, 0.3) is 0 Å². The molecule has 1 aliphatic rings. The lowest BCUT2D eigenvalue weighted by molar-refractivity contribution is 0.0855. The van der Waals surface area contributed by atoms with Crippen molar-refractivity contribution in [3.63, 3.8) is 0 Å². The molecule has 1 heterocycles. The number of nitrogens with zero attached hydrogens (tertiary/aromatic N) is 1. The number of nitrogens with two attached hydrogens (primary N) is 1. The van der Waals surface area contributed by atoms with Crippen molar-refractivity contribution < 1.29 is 4.42 Å². The lowest BCUT2D eigenvalue weighted by Crippen LogP contribution is -2.45. The van der Waals surface area contributed by atoms with E-state index in [-0.39, 0.29) is 11.5 Å². The number of hydrogen-bond donors (Lipinski definition) is 1. The summed E-state index contributed by atoms with van der Waals surface area (Å²) >= 11 is 0. The average molecular weight is 272 g/mol. The molecule has 2 N–H and O–H groups in total. The fourth-order valence-electron chi connectivity index (χ4n) is 3.54. The summed E-state index contributed by atoms with van der Waals surface area (Å²) in [4.78, 5) is 4.78. The summed E-state index contributed by atoms with van der Waals surface area (Å²) in [6.45, 7) is 8.93. The first kappa shape index (κ1) is 13.6. The highest BCUT2D eigenvalue weighted by Gasteiger charge is 2.44. The van der Waals surface area contributed by atoms with E-state index in [1.165, 1.54) is 5.56 Å². The largest absolute Gasteiger partial charge is 0.440 e. The van der Waals surface area contributed by atoms with Crippen LogP contribution in [0, 0.1) is 18.3 Å². The van der Waals surface area contributed by atoms with Crippen molar-refractivity contribution >= 4 is 11.1 Å². The SMILES string of the molecule is Cc1cccc2oc(C3CCC(N)C(C)C3(C)C)nc12. The van der Waals surface area contributed by atoms with Gasteiger partial charge in [0, 0.05) is 12.0 Å². The molecule has 1 aromatic heterocycles. The summed E-state index contributed by atoms with van der Waals surface area (Å²) in [7, 11) is 0. The van der Waals surface area contributed by atoms with Crippen LogP contribution in [0.2, 0.25) is 0 Å².